The van der Waals surface area contributed by atoms with Crippen LogP contribution in [-0.4, -0.2) is 18.2 Å². The third-order valence-corrected chi connectivity index (χ3v) is 2.33. The minimum absolute atomic E-state index is 0.581. The molecule has 0 aliphatic heterocycles. The van der Waals surface area contributed by atoms with Crippen LogP contribution in [0.1, 0.15) is 18.4 Å². The quantitative estimate of drug-likeness (QED) is 0.755. The van der Waals surface area contributed by atoms with Crippen molar-refractivity contribution in [3.8, 4) is 5.75 Å². The van der Waals surface area contributed by atoms with Gasteiger partial charge in [0.1, 0.15) is 5.75 Å². The van der Waals surface area contributed by atoms with Crippen LogP contribution in [-0.2, 0) is 4.79 Å². The average molecular weight is 212 g/mol. The first-order valence-electron chi connectivity index (χ1n) is 4.16. The second-order valence-electron chi connectivity index (χ2n) is 2.99. The summed E-state index contributed by atoms with van der Waals surface area (Å²) in [6.07, 6.45) is 0. The maximum absolute atomic E-state index is 10.8. The maximum Gasteiger partial charge on any atom is 0.310 e. The molecule has 76 valence electrons. The number of thiol groups is 1. The Morgan fingerprint density at radius 1 is 1.57 bits per heavy atom. The number of hydrogen-bond donors (Lipinski definition) is 2. The number of methoxy groups -OCH3 is 1. The highest BCUT2D eigenvalue weighted by Crippen LogP contribution is 2.28. The first kappa shape index (κ1) is 10.9. The number of carbonyl (C=O) groups is 1. The molecule has 0 bridgehead atoms. The molecule has 1 aromatic rings. The van der Waals surface area contributed by atoms with E-state index < -0.39 is 11.9 Å². The molecule has 0 aliphatic rings. The summed E-state index contributed by atoms with van der Waals surface area (Å²) in [4.78, 5) is 11.5. The topological polar surface area (TPSA) is 46.5 Å². The van der Waals surface area contributed by atoms with Crippen molar-refractivity contribution in [2.45, 2.75) is 17.7 Å². The fourth-order valence-electron chi connectivity index (χ4n) is 1.19. The van der Waals surface area contributed by atoms with Gasteiger partial charge in [-0.15, -0.1) is 12.6 Å². The Bertz CT molecular complexity index is 349. The lowest BCUT2D eigenvalue weighted by molar-refractivity contribution is -0.138. The minimum atomic E-state index is -0.873. The number of aliphatic carboxylic acids is 1. The molecule has 0 spiro atoms. The molecule has 0 aromatic heterocycles. The van der Waals surface area contributed by atoms with E-state index in [9.17, 15) is 4.79 Å². The van der Waals surface area contributed by atoms with Crippen molar-refractivity contribution in [3.63, 3.8) is 0 Å². The zero-order chi connectivity index (χ0) is 10.7. The maximum atomic E-state index is 10.8. The molecule has 4 heteroatoms. The van der Waals surface area contributed by atoms with Crippen molar-refractivity contribution in [1.29, 1.82) is 0 Å². The number of carboxylic acid groups (broad SMARTS) is 1. The van der Waals surface area contributed by atoms with E-state index >= 15 is 0 Å². The molecule has 0 radical (unpaired) electrons. The Morgan fingerprint density at radius 3 is 2.71 bits per heavy atom. The number of carboxylic acids is 1. The molecule has 1 aromatic carbocycles. The molecule has 0 fully saturated rings. The van der Waals surface area contributed by atoms with Gasteiger partial charge in [-0.1, -0.05) is 0 Å². The summed E-state index contributed by atoms with van der Waals surface area (Å²) in [5, 5.41) is 8.87. The number of benzene rings is 1. The fraction of sp³-hybridized carbons (Fsp3) is 0.300. The van der Waals surface area contributed by atoms with Crippen molar-refractivity contribution in [3.05, 3.63) is 23.8 Å². The summed E-state index contributed by atoms with van der Waals surface area (Å²) in [5.74, 6) is -0.878. The monoisotopic (exact) mass is 212 g/mol. The molecule has 1 rings (SSSR count). The van der Waals surface area contributed by atoms with Gasteiger partial charge in [0.15, 0.2) is 0 Å². The van der Waals surface area contributed by atoms with E-state index in [1.165, 1.54) is 7.11 Å². The first-order chi connectivity index (χ1) is 6.56. The van der Waals surface area contributed by atoms with Crippen molar-refractivity contribution in [2.75, 3.05) is 7.11 Å². The molecule has 1 unspecified atom stereocenters. The molecule has 14 heavy (non-hydrogen) atoms. The van der Waals surface area contributed by atoms with Gasteiger partial charge in [-0.05, 0) is 25.1 Å². The highest BCUT2D eigenvalue weighted by atomic mass is 32.1. The Kier molecular flexibility index (Phi) is 3.41. The molecule has 1 atom stereocenters. The molecule has 0 amide bonds. The van der Waals surface area contributed by atoms with E-state index in [0.717, 1.165) is 4.90 Å². The zero-order valence-electron chi connectivity index (χ0n) is 8.02. The molecule has 0 heterocycles. The van der Waals surface area contributed by atoms with Crippen LogP contribution in [0, 0.1) is 0 Å². The SMILES string of the molecule is COc1ccc(S)cc1C(C)C(=O)O. The standard InChI is InChI=1S/C10H12O3S/c1-6(10(11)12)8-5-7(14)3-4-9(8)13-2/h3-6,14H,1-2H3,(H,11,12). The van der Waals surface area contributed by atoms with Crippen LogP contribution in [0.15, 0.2) is 23.1 Å². The molecule has 3 nitrogen and oxygen atoms in total. The van der Waals surface area contributed by atoms with Crippen molar-refractivity contribution < 1.29 is 14.6 Å². The van der Waals surface area contributed by atoms with Crippen molar-refractivity contribution in [2.24, 2.45) is 0 Å². The molecular weight excluding hydrogens is 200 g/mol. The predicted octanol–water partition coefficient (Wildman–Crippen LogP) is 2.17. The highest BCUT2D eigenvalue weighted by Gasteiger charge is 2.18. The summed E-state index contributed by atoms with van der Waals surface area (Å²) >= 11 is 4.15. The van der Waals surface area contributed by atoms with Gasteiger partial charge in [-0.25, -0.2) is 0 Å². The molecule has 0 saturated heterocycles. The summed E-state index contributed by atoms with van der Waals surface area (Å²) in [6, 6.07) is 5.19. The van der Waals surface area contributed by atoms with Gasteiger partial charge in [0.2, 0.25) is 0 Å². The zero-order valence-corrected chi connectivity index (χ0v) is 8.91. The summed E-state index contributed by atoms with van der Waals surface area (Å²) in [5.41, 5.74) is 0.646. The Morgan fingerprint density at radius 2 is 2.21 bits per heavy atom. The lowest BCUT2D eigenvalue weighted by Crippen LogP contribution is -2.08. The van der Waals surface area contributed by atoms with Gasteiger partial charge >= 0.3 is 5.97 Å². The van der Waals surface area contributed by atoms with Gasteiger partial charge < -0.3 is 9.84 Å². The van der Waals surface area contributed by atoms with Crippen molar-refractivity contribution >= 4 is 18.6 Å². The van der Waals surface area contributed by atoms with Crippen LogP contribution < -0.4 is 4.74 Å². The van der Waals surface area contributed by atoms with Gasteiger partial charge in [0.05, 0.1) is 13.0 Å². The second kappa shape index (κ2) is 4.37. The van der Waals surface area contributed by atoms with Crippen molar-refractivity contribution in [1.82, 2.24) is 0 Å². The van der Waals surface area contributed by atoms with E-state index in [0.29, 0.717) is 11.3 Å². The van der Waals surface area contributed by atoms with Crippen LogP contribution in [0.25, 0.3) is 0 Å². The Labute approximate surface area is 88.1 Å². The van der Waals surface area contributed by atoms with Gasteiger partial charge in [0, 0.05) is 10.5 Å². The van der Waals surface area contributed by atoms with Crippen LogP contribution in [0.3, 0.4) is 0 Å². The fourth-order valence-corrected chi connectivity index (χ4v) is 1.41. The van der Waals surface area contributed by atoms with Gasteiger partial charge in [0.25, 0.3) is 0 Å². The van der Waals surface area contributed by atoms with E-state index in [1.807, 2.05) is 0 Å². The Hall–Kier alpha value is -1.16. The molecular formula is C10H12O3S. The second-order valence-corrected chi connectivity index (χ2v) is 3.50. The molecule has 0 aliphatic carbocycles. The first-order valence-corrected chi connectivity index (χ1v) is 4.60. The number of hydrogen-bond acceptors (Lipinski definition) is 3. The van der Waals surface area contributed by atoms with Crippen LogP contribution in [0.5, 0.6) is 5.75 Å². The molecule has 1 N–H and O–H groups in total. The van der Waals surface area contributed by atoms with Crippen LogP contribution in [0.2, 0.25) is 0 Å². The van der Waals surface area contributed by atoms with Gasteiger partial charge in [-0.3, -0.25) is 4.79 Å². The summed E-state index contributed by atoms with van der Waals surface area (Å²) in [7, 11) is 1.52. The lowest BCUT2D eigenvalue weighted by Gasteiger charge is -2.12. The smallest absolute Gasteiger partial charge is 0.310 e. The molecule has 0 saturated carbocycles. The lowest BCUT2D eigenvalue weighted by atomic mass is 10.0. The average Bonchev–Trinajstić information content (AvgIpc) is 2.16. The predicted molar refractivity (Wildman–Crippen MR) is 56.3 cm³/mol. The number of ether oxygens (including phenoxy) is 1. The van der Waals surface area contributed by atoms with E-state index in [-0.39, 0.29) is 0 Å². The summed E-state index contributed by atoms with van der Waals surface area (Å²) in [6.45, 7) is 1.62. The van der Waals surface area contributed by atoms with E-state index in [1.54, 1.807) is 25.1 Å². The van der Waals surface area contributed by atoms with Gasteiger partial charge in [-0.2, -0.15) is 0 Å². The summed E-state index contributed by atoms with van der Waals surface area (Å²) < 4.78 is 5.07. The largest absolute Gasteiger partial charge is 0.496 e. The van der Waals surface area contributed by atoms with Crippen LogP contribution >= 0.6 is 12.6 Å². The normalized spacial score (nSPS) is 12.2. The Balaban J connectivity index is 3.16. The minimum Gasteiger partial charge on any atom is -0.496 e. The third-order valence-electron chi connectivity index (χ3n) is 2.05. The highest BCUT2D eigenvalue weighted by molar-refractivity contribution is 7.80. The number of rotatable bonds is 3. The third kappa shape index (κ3) is 2.20. The van der Waals surface area contributed by atoms with Crippen LogP contribution in [0.4, 0.5) is 0 Å². The van der Waals surface area contributed by atoms with E-state index in [4.69, 9.17) is 9.84 Å². The van der Waals surface area contributed by atoms with E-state index in [2.05, 4.69) is 12.6 Å².